The number of carbonyl (C=O) groups is 2. The third-order valence-corrected chi connectivity index (χ3v) is 9.48. The predicted molar refractivity (Wildman–Crippen MR) is 229 cm³/mol. The van der Waals surface area contributed by atoms with Crippen LogP contribution in [0.3, 0.4) is 0 Å². The first-order valence-corrected chi connectivity index (χ1v) is 22.7. The molecular weight excluding hydrogens is 713 g/mol. The van der Waals surface area contributed by atoms with E-state index >= 15 is 0 Å². The molecule has 316 valence electrons. The Morgan fingerprint density at radius 3 is 1.55 bits per heavy atom. The van der Waals surface area contributed by atoms with Crippen LogP contribution in [-0.2, 0) is 32.7 Å². The van der Waals surface area contributed by atoms with Gasteiger partial charge in [-0.2, -0.15) is 0 Å². The van der Waals surface area contributed by atoms with Crippen LogP contribution >= 0.6 is 7.82 Å². The number of phosphoric ester groups is 1. The summed E-state index contributed by atoms with van der Waals surface area (Å²) in [5.74, 6) is -0.855. The van der Waals surface area contributed by atoms with Gasteiger partial charge in [-0.15, -0.1) is 0 Å². The first-order chi connectivity index (χ1) is 26.7. The lowest BCUT2D eigenvalue weighted by Gasteiger charge is -2.20. The summed E-state index contributed by atoms with van der Waals surface area (Å²) in [4.78, 5) is 37.0. The Morgan fingerprint density at radius 1 is 0.582 bits per heavy atom. The lowest BCUT2D eigenvalue weighted by Crippen LogP contribution is -2.29. The van der Waals surface area contributed by atoms with Crippen LogP contribution in [0.1, 0.15) is 155 Å². The Labute approximate surface area is 336 Å². The van der Waals surface area contributed by atoms with Gasteiger partial charge in [-0.3, -0.25) is 18.6 Å². The number of esters is 2. The first kappa shape index (κ1) is 52.5. The Kier molecular flexibility index (Phi) is 37.8. The van der Waals surface area contributed by atoms with Gasteiger partial charge in [-0.1, -0.05) is 132 Å². The van der Waals surface area contributed by atoms with Crippen molar-refractivity contribution in [2.45, 2.75) is 161 Å². The highest BCUT2D eigenvalue weighted by Crippen LogP contribution is 2.43. The van der Waals surface area contributed by atoms with Gasteiger partial charge in [-0.25, -0.2) is 4.57 Å². The summed E-state index contributed by atoms with van der Waals surface area (Å²) in [5, 5.41) is 0. The molecule has 0 saturated carbocycles. The van der Waals surface area contributed by atoms with Gasteiger partial charge in [0, 0.05) is 19.4 Å². The molecule has 9 nitrogen and oxygen atoms in total. The molecule has 55 heavy (non-hydrogen) atoms. The fourth-order valence-electron chi connectivity index (χ4n) is 5.24. The van der Waals surface area contributed by atoms with Crippen molar-refractivity contribution in [2.75, 3.05) is 40.5 Å². The second-order valence-corrected chi connectivity index (χ2v) is 15.6. The van der Waals surface area contributed by atoms with Crippen LogP contribution in [0.4, 0.5) is 0 Å². The predicted octanol–water partition coefficient (Wildman–Crippen LogP) is 12.1. The van der Waals surface area contributed by atoms with Crippen molar-refractivity contribution in [3.05, 3.63) is 72.9 Å². The smallest absolute Gasteiger partial charge is 0.462 e. The van der Waals surface area contributed by atoms with Crippen molar-refractivity contribution >= 4 is 19.8 Å². The highest BCUT2D eigenvalue weighted by Gasteiger charge is 2.26. The van der Waals surface area contributed by atoms with Crippen LogP contribution < -0.4 is 0 Å². The van der Waals surface area contributed by atoms with E-state index < -0.39 is 32.5 Å². The van der Waals surface area contributed by atoms with E-state index in [2.05, 4.69) is 86.8 Å². The van der Waals surface area contributed by atoms with Gasteiger partial charge in [-0.05, 0) is 97.6 Å². The molecule has 0 heterocycles. The SMILES string of the molecule is CC/C=C\C/C=C\C/C=C\CCCCCCCC(=O)OCC(COP(=O)(O)OCCN(C)C)OC(=O)CCCCCC/C=C\C/C=C\C/C=C\CCCCC. The standard InChI is InChI=1S/C45H78NO8P/c1-5-7-9-11-13-15-17-19-21-22-24-26-28-30-32-34-36-38-45(48)54-43(42-53-55(49,50)52-40-39-46(3)4)41-51-44(47)37-35-33-31-29-27-25-23-20-18-16-14-12-10-8-6-2/h8,10,13-16,19-21,23-24,26,43H,5-7,9,11-12,17-18,22,25,27-42H2,1-4H3,(H,49,50)/b10-8-,15-13-,16-14-,21-19-,23-20-,26-24-. The average molecular weight is 792 g/mol. The zero-order valence-electron chi connectivity index (χ0n) is 35.1. The number of hydrogen-bond donors (Lipinski definition) is 1. The maximum absolute atomic E-state index is 12.6. The Balaban J connectivity index is 4.40. The molecule has 0 aliphatic heterocycles. The largest absolute Gasteiger partial charge is 0.472 e. The molecule has 0 aliphatic rings. The molecule has 2 atom stereocenters. The van der Waals surface area contributed by atoms with Crippen LogP contribution in [0.5, 0.6) is 0 Å². The number of phosphoric acid groups is 1. The fraction of sp³-hybridized carbons (Fsp3) is 0.689. The summed E-state index contributed by atoms with van der Waals surface area (Å²) < 4.78 is 33.4. The highest BCUT2D eigenvalue weighted by atomic mass is 31.2. The molecule has 0 aromatic heterocycles. The number of carbonyl (C=O) groups excluding carboxylic acids is 2. The summed E-state index contributed by atoms with van der Waals surface area (Å²) in [6.45, 7) is 4.11. The van der Waals surface area contributed by atoms with Crippen molar-refractivity contribution in [3.63, 3.8) is 0 Å². The average Bonchev–Trinajstić information content (AvgIpc) is 3.15. The van der Waals surface area contributed by atoms with Crippen molar-refractivity contribution in [1.29, 1.82) is 0 Å². The van der Waals surface area contributed by atoms with Gasteiger partial charge in [0.1, 0.15) is 6.61 Å². The maximum atomic E-state index is 12.6. The van der Waals surface area contributed by atoms with E-state index in [9.17, 15) is 19.0 Å². The molecular formula is C45H78NO8P. The maximum Gasteiger partial charge on any atom is 0.472 e. The van der Waals surface area contributed by atoms with E-state index in [1.54, 1.807) is 0 Å². The van der Waals surface area contributed by atoms with Crippen molar-refractivity contribution in [3.8, 4) is 0 Å². The summed E-state index contributed by atoms with van der Waals surface area (Å²) in [5.41, 5.74) is 0. The van der Waals surface area contributed by atoms with E-state index in [-0.39, 0.29) is 26.1 Å². The van der Waals surface area contributed by atoms with Crippen LogP contribution in [0.2, 0.25) is 0 Å². The molecule has 0 saturated heterocycles. The number of rotatable bonds is 38. The molecule has 0 fully saturated rings. The molecule has 0 aliphatic carbocycles. The molecule has 0 spiro atoms. The van der Waals surface area contributed by atoms with Crippen LogP contribution in [0.25, 0.3) is 0 Å². The van der Waals surface area contributed by atoms with E-state index in [0.29, 0.717) is 19.4 Å². The topological polar surface area (TPSA) is 112 Å². The van der Waals surface area contributed by atoms with Gasteiger partial charge in [0.25, 0.3) is 0 Å². The molecule has 2 unspecified atom stereocenters. The van der Waals surface area contributed by atoms with Crippen molar-refractivity contribution in [1.82, 2.24) is 4.90 Å². The van der Waals surface area contributed by atoms with Crippen molar-refractivity contribution in [2.24, 2.45) is 0 Å². The highest BCUT2D eigenvalue weighted by molar-refractivity contribution is 7.47. The Hall–Kier alpha value is -2.55. The van der Waals surface area contributed by atoms with Gasteiger partial charge in [0.15, 0.2) is 6.10 Å². The summed E-state index contributed by atoms with van der Waals surface area (Å²) >= 11 is 0. The van der Waals surface area contributed by atoms with Gasteiger partial charge in [0.05, 0.1) is 13.2 Å². The first-order valence-electron chi connectivity index (χ1n) is 21.2. The number of hydrogen-bond acceptors (Lipinski definition) is 8. The summed E-state index contributed by atoms with van der Waals surface area (Å²) in [7, 11) is -0.742. The zero-order valence-corrected chi connectivity index (χ0v) is 36.0. The molecule has 0 bridgehead atoms. The number of allylic oxidation sites excluding steroid dienone is 12. The van der Waals surface area contributed by atoms with Crippen LogP contribution in [0, 0.1) is 0 Å². The lowest BCUT2D eigenvalue weighted by atomic mass is 10.1. The zero-order chi connectivity index (χ0) is 40.5. The molecule has 0 amide bonds. The minimum absolute atomic E-state index is 0.00406. The third-order valence-electron chi connectivity index (χ3n) is 8.50. The fourth-order valence-corrected chi connectivity index (χ4v) is 5.98. The summed E-state index contributed by atoms with van der Waals surface area (Å²) in [6.07, 6.45) is 46.6. The minimum atomic E-state index is -4.38. The van der Waals surface area contributed by atoms with E-state index in [0.717, 1.165) is 89.9 Å². The monoisotopic (exact) mass is 792 g/mol. The van der Waals surface area contributed by atoms with E-state index in [1.165, 1.54) is 25.7 Å². The third kappa shape index (κ3) is 40.9. The van der Waals surface area contributed by atoms with Crippen molar-refractivity contribution < 1.29 is 37.6 Å². The molecule has 0 aromatic carbocycles. The number of ether oxygens (including phenoxy) is 2. The molecule has 0 aromatic rings. The quantitative estimate of drug-likeness (QED) is 0.0283. The molecule has 0 rings (SSSR count). The number of likely N-dealkylation sites (N-methyl/N-ethyl adjacent to an activating group) is 1. The van der Waals surface area contributed by atoms with Crippen LogP contribution in [-0.4, -0.2) is 68.3 Å². The minimum Gasteiger partial charge on any atom is -0.462 e. The Morgan fingerprint density at radius 2 is 1.04 bits per heavy atom. The van der Waals surface area contributed by atoms with Crippen LogP contribution in [0.15, 0.2) is 72.9 Å². The normalized spacial score (nSPS) is 14.1. The lowest BCUT2D eigenvalue weighted by molar-refractivity contribution is -0.161. The molecule has 10 heteroatoms. The molecule has 1 N–H and O–H groups in total. The second-order valence-electron chi connectivity index (χ2n) is 14.1. The number of nitrogens with zero attached hydrogens (tertiary/aromatic N) is 1. The van der Waals surface area contributed by atoms with Gasteiger partial charge < -0.3 is 19.3 Å². The number of unbranched alkanes of at least 4 members (excludes halogenated alkanes) is 12. The van der Waals surface area contributed by atoms with Gasteiger partial charge >= 0.3 is 19.8 Å². The van der Waals surface area contributed by atoms with Gasteiger partial charge in [0.2, 0.25) is 0 Å². The van der Waals surface area contributed by atoms with E-state index in [4.69, 9.17) is 18.5 Å². The Bertz CT molecular complexity index is 1140. The molecule has 0 radical (unpaired) electrons. The second kappa shape index (κ2) is 39.7. The van der Waals surface area contributed by atoms with E-state index in [1.807, 2.05) is 19.0 Å². The summed E-state index contributed by atoms with van der Waals surface area (Å²) in [6, 6.07) is 0.